The van der Waals surface area contributed by atoms with Crippen molar-refractivity contribution in [1.82, 2.24) is 5.32 Å². The highest BCUT2D eigenvalue weighted by molar-refractivity contribution is 6.31. The molecule has 1 aromatic rings. The van der Waals surface area contributed by atoms with Gasteiger partial charge >= 0.3 is 0 Å². The maximum absolute atomic E-state index is 13.1. The molecular formula is C12H14ClFN2. The molecule has 1 N–H and O–H groups in total. The summed E-state index contributed by atoms with van der Waals surface area (Å²) in [6.07, 6.45) is 1.89. The van der Waals surface area contributed by atoms with Gasteiger partial charge in [-0.3, -0.25) is 0 Å². The minimum atomic E-state index is -0.379. The van der Waals surface area contributed by atoms with Gasteiger partial charge < -0.3 is 10.2 Å². The SMILES string of the molecule is C=C[C@@H]1CNCCN1c1ccc(F)c(Cl)c1. The van der Waals surface area contributed by atoms with Crippen LogP contribution in [0.15, 0.2) is 30.9 Å². The lowest BCUT2D eigenvalue weighted by atomic mass is 10.1. The summed E-state index contributed by atoms with van der Waals surface area (Å²) in [7, 11) is 0. The second kappa shape index (κ2) is 4.85. The summed E-state index contributed by atoms with van der Waals surface area (Å²) in [6, 6.07) is 5.05. The number of rotatable bonds is 2. The highest BCUT2D eigenvalue weighted by Gasteiger charge is 2.20. The standard InChI is InChI=1S/C12H14ClFN2/c1-2-9-8-15-5-6-16(9)10-3-4-12(14)11(13)7-10/h2-4,7,9,15H,1,5-6,8H2/t9-/m1/s1. The number of halogens is 2. The molecule has 4 heteroatoms. The van der Waals surface area contributed by atoms with E-state index in [-0.39, 0.29) is 16.9 Å². The molecular weight excluding hydrogens is 227 g/mol. The van der Waals surface area contributed by atoms with Gasteiger partial charge in [0.1, 0.15) is 5.82 Å². The van der Waals surface area contributed by atoms with Gasteiger partial charge in [-0.05, 0) is 18.2 Å². The third kappa shape index (κ3) is 2.20. The second-order valence-corrected chi connectivity index (χ2v) is 4.21. The number of nitrogens with zero attached hydrogens (tertiary/aromatic N) is 1. The van der Waals surface area contributed by atoms with Crippen LogP contribution in [0.5, 0.6) is 0 Å². The summed E-state index contributed by atoms with van der Waals surface area (Å²) in [5.74, 6) is -0.379. The quantitative estimate of drug-likeness (QED) is 0.799. The molecule has 1 heterocycles. The third-order valence-electron chi connectivity index (χ3n) is 2.79. The van der Waals surface area contributed by atoms with Crippen LogP contribution in [0.4, 0.5) is 10.1 Å². The number of anilines is 1. The fourth-order valence-corrected chi connectivity index (χ4v) is 2.10. The minimum absolute atomic E-state index is 0.166. The molecule has 1 fully saturated rings. The van der Waals surface area contributed by atoms with Crippen LogP contribution in [0.2, 0.25) is 5.02 Å². The molecule has 1 atom stereocenters. The number of hydrogen-bond donors (Lipinski definition) is 1. The molecule has 0 aliphatic carbocycles. The van der Waals surface area contributed by atoms with E-state index in [4.69, 9.17) is 11.6 Å². The van der Waals surface area contributed by atoms with Gasteiger partial charge in [-0.2, -0.15) is 0 Å². The summed E-state index contributed by atoms with van der Waals surface area (Å²) in [4.78, 5) is 2.18. The molecule has 0 bridgehead atoms. The van der Waals surface area contributed by atoms with Crippen molar-refractivity contribution in [2.45, 2.75) is 6.04 Å². The first-order valence-corrected chi connectivity index (χ1v) is 5.65. The fraction of sp³-hybridized carbons (Fsp3) is 0.333. The molecule has 1 saturated heterocycles. The number of benzene rings is 1. The molecule has 0 unspecified atom stereocenters. The van der Waals surface area contributed by atoms with Crippen molar-refractivity contribution in [2.75, 3.05) is 24.5 Å². The topological polar surface area (TPSA) is 15.3 Å². The summed E-state index contributed by atoms with van der Waals surface area (Å²) in [5, 5.41) is 3.46. The van der Waals surface area contributed by atoms with Crippen LogP contribution in [0, 0.1) is 5.82 Å². The molecule has 16 heavy (non-hydrogen) atoms. The molecule has 0 spiro atoms. The van der Waals surface area contributed by atoms with E-state index < -0.39 is 0 Å². The van der Waals surface area contributed by atoms with Crippen LogP contribution >= 0.6 is 11.6 Å². The fourth-order valence-electron chi connectivity index (χ4n) is 1.92. The number of hydrogen-bond acceptors (Lipinski definition) is 2. The molecule has 0 radical (unpaired) electrons. The van der Waals surface area contributed by atoms with E-state index in [1.165, 1.54) is 6.07 Å². The Morgan fingerprint density at radius 3 is 3.06 bits per heavy atom. The first kappa shape index (κ1) is 11.4. The van der Waals surface area contributed by atoms with Crippen molar-refractivity contribution in [2.24, 2.45) is 0 Å². The zero-order valence-electron chi connectivity index (χ0n) is 8.92. The van der Waals surface area contributed by atoms with Gasteiger partial charge in [-0.15, -0.1) is 6.58 Å². The van der Waals surface area contributed by atoms with Crippen LogP contribution in [-0.2, 0) is 0 Å². The van der Waals surface area contributed by atoms with Gasteiger partial charge in [0.05, 0.1) is 11.1 Å². The van der Waals surface area contributed by atoms with Crippen LogP contribution in [0.3, 0.4) is 0 Å². The molecule has 2 rings (SSSR count). The monoisotopic (exact) mass is 240 g/mol. The summed E-state index contributed by atoms with van der Waals surface area (Å²) in [5.41, 5.74) is 0.942. The summed E-state index contributed by atoms with van der Waals surface area (Å²) < 4.78 is 13.1. The average molecular weight is 241 g/mol. The van der Waals surface area contributed by atoms with E-state index in [0.717, 1.165) is 25.3 Å². The van der Waals surface area contributed by atoms with E-state index in [9.17, 15) is 4.39 Å². The highest BCUT2D eigenvalue weighted by Crippen LogP contribution is 2.24. The van der Waals surface area contributed by atoms with Crippen molar-refractivity contribution >= 4 is 17.3 Å². The maximum Gasteiger partial charge on any atom is 0.141 e. The first-order chi connectivity index (χ1) is 7.72. The van der Waals surface area contributed by atoms with E-state index in [1.54, 1.807) is 12.1 Å². The lowest BCUT2D eigenvalue weighted by Crippen LogP contribution is -2.50. The van der Waals surface area contributed by atoms with Gasteiger partial charge in [0.15, 0.2) is 0 Å². The Balaban J connectivity index is 2.27. The minimum Gasteiger partial charge on any atom is -0.362 e. The predicted octanol–water partition coefficient (Wildman–Crippen LogP) is 2.44. The Kier molecular flexibility index (Phi) is 3.46. The van der Waals surface area contributed by atoms with Crippen LogP contribution in [0.1, 0.15) is 0 Å². The van der Waals surface area contributed by atoms with E-state index in [1.807, 2.05) is 6.08 Å². The van der Waals surface area contributed by atoms with Crippen molar-refractivity contribution in [3.8, 4) is 0 Å². The van der Waals surface area contributed by atoms with Gasteiger partial charge in [0.25, 0.3) is 0 Å². The van der Waals surface area contributed by atoms with Crippen molar-refractivity contribution in [1.29, 1.82) is 0 Å². The first-order valence-electron chi connectivity index (χ1n) is 5.27. The van der Waals surface area contributed by atoms with E-state index in [0.29, 0.717) is 0 Å². The molecule has 1 aromatic carbocycles. The lowest BCUT2D eigenvalue weighted by molar-refractivity contribution is 0.529. The normalized spacial score (nSPS) is 20.9. The van der Waals surface area contributed by atoms with Crippen LogP contribution in [-0.4, -0.2) is 25.7 Å². The average Bonchev–Trinajstić information content (AvgIpc) is 2.32. The smallest absolute Gasteiger partial charge is 0.141 e. The molecule has 1 aliphatic rings. The van der Waals surface area contributed by atoms with Gasteiger partial charge in [0, 0.05) is 25.3 Å². The van der Waals surface area contributed by atoms with Crippen molar-refractivity contribution in [3.63, 3.8) is 0 Å². The van der Waals surface area contributed by atoms with Crippen molar-refractivity contribution < 1.29 is 4.39 Å². The Bertz CT molecular complexity index is 395. The molecule has 86 valence electrons. The lowest BCUT2D eigenvalue weighted by Gasteiger charge is -2.36. The number of nitrogens with one attached hydrogen (secondary N) is 1. The Labute approximate surface area is 99.7 Å². The number of piperazine rings is 1. The molecule has 0 aromatic heterocycles. The van der Waals surface area contributed by atoms with E-state index in [2.05, 4.69) is 16.8 Å². The Morgan fingerprint density at radius 1 is 1.56 bits per heavy atom. The Hall–Kier alpha value is -1.06. The molecule has 2 nitrogen and oxygen atoms in total. The molecule has 0 saturated carbocycles. The van der Waals surface area contributed by atoms with Gasteiger partial charge in [-0.1, -0.05) is 17.7 Å². The van der Waals surface area contributed by atoms with Crippen LogP contribution < -0.4 is 10.2 Å². The Morgan fingerprint density at radius 2 is 2.38 bits per heavy atom. The summed E-state index contributed by atoms with van der Waals surface area (Å²) in [6.45, 7) is 6.46. The summed E-state index contributed by atoms with van der Waals surface area (Å²) >= 11 is 5.78. The largest absolute Gasteiger partial charge is 0.362 e. The van der Waals surface area contributed by atoms with E-state index >= 15 is 0 Å². The van der Waals surface area contributed by atoms with Crippen molar-refractivity contribution in [3.05, 3.63) is 41.7 Å². The zero-order chi connectivity index (χ0) is 11.5. The highest BCUT2D eigenvalue weighted by atomic mass is 35.5. The van der Waals surface area contributed by atoms with Gasteiger partial charge in [0.2, 0.25) is 0 Å². The molecule has 0 amide bonds. The van der Waals surface area contributed by atoms with Gasteiger partial charge in [-0.25, -0.2) is 4.39 Å². The predicted molar refractivity (Wildman–Crippen MR) is 65.6 cm³/mol. The van der Waals surface area contributed by atoms with Crippen LogP contribution in [0.25, 0.3) is 0 Å². The zero-order valence-corrected chi connectivity index (χ0v) is 9.67. The molecule has 1 aliphatic heterocycles. The second-order valence-electron chi connectivity index (χ2n) is 3.80. The third-order valence-corrected chi connectivity index (χ3v) is 3.08. The maximum atomic E-state index is 13.1.